The predicted molar refractivity (Wildman–Crippen MR) is 103 cm³/mol. The van der Waals surface area contributed by atoms with Crippen LogP contribution in [-0.4, -0.2) is 60.1 Å². The third-order valence-corrected chi connectivity index (χ3v) is 5.82. The molecule has 2 heterocycles. The first-order valence-electron chi connectivity index (χ1n) is 9.14. The summed E-state index contributed by atoms with van der Waals surface area (Å²) in [6, 6.07) is 9.00. The van der Waals surface area contributed by atoms with Crippen LogP contribution >= 0.6 is 11.8 Å². The van der Waals surface area contributed by atoms with Crippen molar-refractivity contribution in [1.82, 2.24) is 9.80 Å². The summed E-state index contributed by atoms with van der Waals surface area (Å²) in [6.07, 6.45) is 8.12. The molecule has 5 heteroatoms. The summed E-state index contributed by atoms with van der Waals surface area (Å²) in [4.78, 5) is 17.0. The number of piperidine rings is 1. The molecule has 0 spiro atoms. The zero-order valence-electron chi connectivity index (χ0n) is 14.7. The summed E-state index contributed by atoms with van der Waals surface area (Å²) in [5.74, 6) is 1.14. The Morgan fingerprint density at radius 1 is 1.12 bits per heavy atom. The van der Waals surface area contributed by atoms with Gasteiger partial charge in [-0.05, 0) is 74.9 Å². The number of nitrogens with zero attached hydrogens (tertiary/aromatic N) is 2. The van der Waals surface area contributed by atoms with Gasteiger partial charge in [0.2, 0.25) is 0 Å². The van der Waals surface area contributed by atoms with Gasteiger partial charge in [0.15, 0.2) is 0 Å². The highest BCUT2D eigenvalue weighted by molar-refractivity contribution is 7.98. The van der Waals surface area contributed by atoms with Crippen molar-refractivity contribution in [2.24, 2.45) is 0 Å². The van der Waals surface area contributed by atoms with E-state index < -0.39 is 0 Å². The minimum Gasteiger partial charge on any atom is -0.324 e. The number of anilines is 1. The van der Waals surface area contributed by atoms with E-state index in [1.807, 2.05) is 28.8 Å². The number of aryl methyl sites for hydroxylation is 1. The standard InChI is InChI=1S/C19H29N3OS/c1-24-15-10-16-4-6-17(7-5-16)20-19(23)22-13-8-18(9-14-22)21-11-2-3-12-21/h4-7,18H,2-3,8-15H2,1H3,(H,20,23). The Bertz CT molecular complexity index is 520. The van der Waals surface area contributed by atoms with Gasteiger partial charge in [0.05, 0.1) is 0 Å². The van der Waals surface area contributed by atoms with Gasteiger partial charge in [0, 0.05) is 24.8 Å². The molecule has 4 nitrogen and oxygen atoms in total. The maximum Gasteiger partial charge on any atom is 0.321 e. The second-order valence-electron chi connectivity index (χ2n) is 6.83. The van der Waals surface area contributed by atoms with Gasteiger partial charge >= 0.3 is 6.03 Å². The van der Waals surface area contributed by atoms with Gasteiger partial charge in [0.1, 0.15) is 0 Å². The Labute approximate surface area is 150 Å². The summed E-state index contributed by atoms with van der Waals surface area (Å²) >= 11 is 1.86. The Morgan fingerprint density at radius 2 is 1.79 bits per heavy atom. The quantitative estimate of drug-likeness (QED) is 0.882. The molecule has 0 aromatic heterocycles. The summed E-state index contributed by atoms with van der Waals surface area (Å²) in [6.45, 7) is 4.25. The molecule has 0 radical (unpaired) electrons. The van der Waals surface area contributed by atoms with E-state index >= 15 is 0 Å². The molecule has 2 amide bonds. The Kier molecular flexibility index (Phi) is 6.44. The van der Waals surface area contributed by atoms with E-state index in [2.05, 4.69) is 28.6 Å². The topological polar surface area (TPSA) is 35.6 Å². The largest absolute Gasteiger partial charge is 0.324 e. The predicted octanol–water partition coefficient (Wildman–Crippen LogP) is 3.68. The molecule has 0 aliphatic carbocycles. The number of nitrogens with one attached hydrogen (secondary N) is 1. The highest BCUT2D eigenvalue weighted by Crippen LogP contribution is 2.21. The van der Waals surface area contributed by atoms with Gasteiger partial charge in [-0.2, -0.15) is 11.8 Å². The first kappa shape index (κ1) is 17.6. The van der Waals surface area contributed by atoms with Crippen LogP contribution in [0.15, 0.2) is 24.3 Å². The number of carbonyl (C=O) groups is 1. The lowest BCUT2D eigenvalue weighted by Gasteiger charge is -2.36. The van der Waals surface area contributed by atoms with E-state index in [1.165, 1.54) is 31.5 Å². The molecule has 0 unspecified atom stereocenters. The summed E-state index contributed by atoms with van der Waals surface area (Å²) in [5.41, 5.74) is 2.23. The van der Waals surface area contributed by atoms with Crippen molar-refractivity contribution in [2.45, 2.75) is 38.1 Å². The molecule has 1 N–H and O–H groups in total. The zero-order chi connectivity index (χ0) is 16.8. The van der Waals surface area contributed by atoms with Crippen LogP contribution in [0.25, 0.3) is 0 Å². The SMILES string of the molecule is CSCCc1ccc(NC(=O)N2CCC(N3CCCC3)CC2)cc1. The van der Waals surface area contributed by atoms with E-state index in [4.69, 9.17) is 0 Å². The third-order valence-electron chi connectivity index (χ3n) is 5.21. The van der Waals surface area contributed by atoms with Crippen LogP contribution in [0.2, 0.25) is 0 Å². The van der Waals surface area contributed by atoms with Crippen molar-refractivity contribution in [3.05, 3.63) is 29.8 Å². The van der Waals surface area contributed by atoms with E-state index in [0.717, 1.165) is 43.8 Å². The highest BCUT2D eigenvalue weighted by Gasteiger charge is 2.28. The van der Waals surface area contributed by atoms with Crippen molar-refractivity contribution >= 4 is 23.5 Å². The van der Waals surface area contributed by atoms with Crippen LogP contribution in [0.4, 0.5) is 10.5 Å². The number of rotatable bonds is 5. The fourth-order valence-corrected chi connectivity index (χ4v) is 4.16. The summed E-state index contributed by atoms with van der Waals surface area (Å²) in [5, 5.41) is 3.05. The minimum absolute atomic E-state index is 0.0479. The van der Waals surface area contributed by atoms with Gasteiger partial charge in [-0.3, -0.25) is 0 Å². The van der Waals surface area contributed by atoms with E-state index in [0.29, 0.717) is 6.04 Å². The Hall–Kier alpha value is -1.20. The second-order valence-corrected chi connectivity index (χ2v) is 7.82. The van der Waals surface area contributed by atoms with Crippen molar-refractivity contribution in [2.75, 3.05) is 43.5 Å². The number of carbonyl (C=O) groups excluding carboxylic acids is 1. The molecular formula is C19H29N3OS. The van der Waals surface area contributed by atoms with E-state index in [1.54, 1.807) is 0 Å². The molecule has 132 valence electrons. The Balaban J connectivity index is 1.45. The molecule has 2 saturated heterocycles. The van der Waals surface area contributed by atoms with Crippen LogP contribution in [0.5, 0.6) is 0 Å². The minimum atomic E-state index is 0.0479. The van der Waals surface area contributed by atoms with Crippen molar-refractivity contribution in [3.63, 3.8) is 0 Å². The molecule has 0 saturated carbocycles. The van der Waals surface area contributed by atoms with E-state index in [-0.39, 0.29) is 6.03 Å². The monoisotopic (exact) mass is 347 g/mol. The lowest BCUT2D eigenvalue weighted by Crippen LogP contribution is -2.47. The fraction of sp³-hybridized carbons (Fsp3) is 0.632. The molecular weight excluding hydrogens is 318 g/mol. The second kappa shape index (κ2) is 8.77. The third kappa shape index (κ3) is 4.67. The average Bonchev–Trinajstić information content (AvgIpc) is 3.16. The Morgan fingerprint density at radius 3 is 2.42 bits per heavy atom. The van der Waals surface area contributed by atoms with Crippen LogP contribution in [0, 0.1) is 0 Å². The molecule has 24 heavy (non-hydrogen) atoms. The van der Waals surface area contributed by atoms with Crippen molar-refractivity contribution in [3.8, 4) is 0 Å². The van der Waals surface area contributed by atoms with E-state index in [9.17, 15) is 4.79 Å². The first-order chi connectivity index (χ1) is 11.8. The molecule has 3 rings (SSSR count). The normalized spacial score (nSPS) is 19.6. The number of thioether (sulfide) groups is 1. The number of urea groups is 1. The van der Waals surface area contributed by atoms with Gasteiger partial charge in [-0.15, -0.1) is 0 Å². The lowest BCUT2D eigenvalue weighted by molar-refractivity contribution is 0.140. The molecule has 0 bridgehead atoms. The average molecular weight is 348 g/mol. The van der Waals surface area contributed by atoms with Gasteiger partial charge in [-0.1, -0.05) is 12.1 Å². The van der Waals surface area contributed by atoms with Crippen LogP contribution in [0.1, 0.15) is 31.2 Å². The maximum absolute atomic E-state index is 12.5. The molecule has 1 aromatic rings. The summed E-state index contributed by atoms with van der Waals surface area (Å²) in [7, 11) is 0. The van der Waals surface area contributed by atoms with Crippen LogP contribution < -0.4 is 5.32 Å². The number of hydrogen-bond donors (Lipinski definition) is 1. The highest BCUT2D eigenvalue weighted by atomic mass is 32.2. The van der Waals surface area contributed by atoms with Gasteiger partial charge in [-0.25, -0.2) is 4.79 Å². The zero-order valence-corrected chi connectivity index (χ0v) is 15.5. The number of hydrogen-bond acceptors (Lipinski definition) is 3. The summed E-state index contributed by atoms with van der Waals surface area (Å²) < 4.78 is 0. The van der Waals surface area contributed by atoms with Gasteiger partial charge in [0.25, 0.3) is 0 Å². The number of amides is 2. The van der Waals surface area contributed by atoms with Crippen molar-refractivity contribution < 1.29 is 4.79 Å². The smallest absolute Gasteiger partial charge is 0.321 e. The first-order valence-corrected chi connectivity index (χ1v) is 10.5. The fourth-order valence-electron chi connectivity index (χ4n) is 3.72. The number of likely N-dealkylation sites (tertiary alicyclic amines) is 2. The van der Waals surface area contributed by atoms with Gasteiger partial charge < -0.3 is 15.1 Å². The molecule has 2 aliphatic heterocycles. The van der Waals surface area contributed by atoms with Crippen molar-refractivity contribution in [1.29, 1.82) is 0 Å². The molecule has 2 aliphatic rings. The molecule has 0 atom stereocenters. The molecule has 2 fully saturated rings. The maximum atomic E-state index is 12.5. The van der Waals surface area contributed by atoms with Crippen LogP contribution in [0.3, 0.4) is 0 Å². The molecule has 1 aromatic carbocycles. The lowest BCUT2D eigenvalue weighted by atomic mass is 10.0. The van der Waals surface area contributed by atoms with Crippen LogP contribution in [-0.2, 0) is 6.42 Å². The number of benzene rings is 1.